The van der Waals surface area contributed by atoms with Crippen molar-refractivity contribution in [3.8, 4) is 22.8 Å². The largest absolute Gasteiger partial charge is 0.478 e. The second-order valence-corrected chi connectivity index (χ2v) is 7.94. The number of imidazole rings is 1. The summed E-state index contributed by atoms with van der Waals surface area (Å²) in [5, 5.41) is 23.4. The minimum atomic E-state index is -0.953. The number of fused-ring (bicyclic) bond motifs is 1. The van der Waals surface area contributed by atoms with Gasteiger partial charge in [-0.1, -0.05) is 43.7 Å². The zero-order chi connectivity index (χ0) is 23.5. The van der Waals surface area contributed by atoms with Crippen LogP contribution < -0.4 is 0 Å². The summed E-state index contributed by atoms with van der Waals surface area (Å²) in [4.78, 5) is 25.5. The van der Waals surface area contributed by atoms with Crippen molar-refractivity contribution in [1.29, 1.82) is 0 Å². The monoisotopic (exact) mass is 454 g/mol. The van der Waals surface area contributed by atoms with E-state index in [1.807, 2.05) is 34.9 Å². The molecule has 0 unspecified atom stereocenters. The van der Waals surface area contributed by atoms with Crippen molar-refractivity contribution in [3.05, 3.63) is 71.8 Å². The third kappa shape index (κ3) is 4.13. The number of H-pyrrole nitrogens is 1. The molecule has 0 fully saturated rings. The Hall–Kier alpha value is -4.47. The van der Waals surface area contributed by atoms with E-state index in [9.17, 15) is 9.90 Å². The van der Waals surface area contributed by atoms with Gasteiger partial charge in [-0.3, -0.25) is 0 Å². The number of aromatic nitrogens is 8. The molecule has 0 atom stereocenters. The first kappa shape index (κ1) is 21.4. The molecule has 2 aromatic carbocycles. The number of para-hydroxylation sites is 1. The predicted octanol–water partition coefficient (Wildman–Crippen LogP) is 3.76. The molecule has 5 aromatic rings. The lowest BCUT2D eigenvalue weighted by Crippen LogP contribution is -2.08. The van der Waals surface area contributed by atoms with E-state index in [4.69, 9.17) is 4.98 Å². The van der Waals surface area contributed by atoms with Gasteiger partial charge in [0.15, 0.2) is 11.6 Å². The number of nitrogens with zero attached hydrogens (tertiary/aromatic N) is 7. The number of aromatic carboxylic acids is 1. The van der Waals surface area contributed by atoms with Gasteiger partial charge in [-0.25, -0.2) is 24.8 Å². The quantitative estimate of drug-likeness (QED) is 0.362. The van der Waals surface area contributed by atoms with E-state index in [0.29, 0.717) is 34.8 Å². The third-order valence-corrected chi connectivity index (χ3v) is 5.65. The van der Waals surface area contributed by atoms with Crippen molar-refractivity contribution in [1.82, 2.24) is 40.1 Å². The molecule has 0 spiro atoms. The number of rotatable bonds is 8. The molecule has 5 rings (SSSR count). The highest BCUT2D eigenvalue weighted by molar-refractivity contribution is 6.01. The molecule has 2 N–H and O–H groups in total. The lowest BCUT2D eigenvalue weighted by atomic mass is 10.1. The van der Waals surface area contributed by atoms with Gasteiger partial charge in [-0.2, -0.15) is 0 Å². The van der Waals surface area contributed by atoms with Crippen LogP contribution in [0.2, 0.25) is 0 Å². The molecule has 170 valence electrons. The maximum atomic E-state index is 11.9. The summed E-state index contributed by atoms with van der Waals surface area (Å²) in [5.74, 6) is 1.04. The lowest BCUT2D eigenvalue weighted by Gasteiger charge is -2.11. The van der Waals surface area contributed by atoms with E-state index in [1.165, 1.54) is 0 Å². The average molecular weight is 454 g/mol. The lowest BCUT2D eigenvalue weighted by molar-refractivity contribution is 0.0698. The molecule has 0 saturated carbocycles. The molecule has 0 aliphatic heterocycles. The molecule has 10 nitrogen and oxygen atoms in total. The molecule has 10 heteroatoms. The summed E-state index contributed by atoms with van der Waals surface area (Å²) in [6, 6.07) is 13.2. The van der Waals surface area contributed by atoms with Gasteiger partial charge in [0.1, 0.15) is 5.82 Å². The maximum Gasteiger partial charge on any atom is 0.337 e. The summed E-state index contributed by atoms with van der Waals surface area (Å²) < 4.78 is 2.03. The number of hydrogen-bond donors (Lipinski definition) is 2. The Morgan fingerprint density at radius 3 is 2.53 bits per heavy atom. The van der Waals surface area contributed by atoms with Crippen molar-refractivity contribution in [2.24, 2.45) is 0 Å². The Labute approximate surface area is 194 Å². The summed E-state index contributed by atoms with van der Waals surface area (Å²) in [6.07, 6.45) is 6.16. The zero-order valence-electron chi connectivity index (χ0n) is 18.5. The number of carboxylic acids is 1. The Morgan fingerprint density at radius 2 is 1.85 bits per heavy atom. The van der Waals surface area contributed by atoms with Crippen LogP contribution >= 0.6 is 0 Å². The van der Waals surface area contributed by atoms with Crippen molar-refractivity contribution in [2.45, 2.75) is 32.7 Å². The molecule has 3 aromatic heterocycles. The smallest absolute Gasteiger partial charge is 0.337 e. The number of hydrogen-bond acceptors (Lipinski definition) is 7. The van der Waals surface area contributed by atoms with Crippen molar-refractivity contribution < 1.29 is 9.90 Å². The Morgan fingerprint density at radius 1 is 1.06 bits per heavy atom. The number of tetrazole rings is 1. The van der Waals surface area contributed by atoms with Gasteiger partial charge in [0, 0.05) is 30.9 Å². The van der Waals surface area contributed by atoms with E-state index in [1.54, 1.807) is 24.5 Å². The highest BCUT2D eigenvalue weighted by Crippen LogP contribution is 2.24. The Kier molecular flexibility index (Phi) is 5.77. The number of unbranched alkanes of at least 4 members (excludes halogenated alkanes) is 1. The Balaban J connectivity index is 1.44. The minimum Gasteiger partial charge on any atom is -0.478 e. The molecule has 0 bridgehead atoms. The molecule has 0 saturated heterocycles. The fourth-order valence-corrected chi connectivity index (χ4v) is 3.92. The topological polar surface area (TPSA) is 135 Å². The van der Waals surface area contributed by atoms with E-state index in [2.05, 4.69) is 37.5 Å². The van der Waals surface area contributed by atoms with Crippen molar-refractivity contribution >= 4 is 17.0 Å². The molecule has 0 aliphatic carbocycles. The molecule has 0 amide bonds. The van der Waals surface area contributed by atoms with Crippen molar-refractivity contribution in [3.63, 3.8) is 0 Å². The molecule has 0 aliphatic rings. The number of benzene rings is 2. The number of carboxylic acid groups (broad SMARTS) is 1. The van der Waals surface area contributed by atoms with Crippen LogP contribution in [-0.2, 0) is 13.0 Å². The number of aryl methyl sites for hydroxylation is 1. The predicted molar refractivity (Wildman–Crippen MR) is 125 cm³/mol. The average Bonchev–Trinajstić information content (AvgIpc) is 3.52. The second-order valence-electron chi connectivity index (χ2n) is 7.94. The molecule has 0 radical (unpaired) electrons. The first-order chi connectivity index (χ1) is 16.6. The van der Waals surface area contributed by atoms with E-state index in [-0.39, 0.29) is 5.56 Å². The number of nitrogens with one attached hydrogen (secondary N) is 1. The standard InChI is InChI=1S/C24H22N8O2/c1-2-3-7-20-27-19-6-4-5-18(24(33)34)21(19)32(20)14-15-8-10-16(11-9-15)22-25-12-17(13-26-22)23-28-30-31-29-23/h4-6,8-13H,2-3,7,14H2,1H3,(H,33,34)(H,28,29,30,31). The fourth-order valence-electron chi connectivity index (χ4n) is 3.92. The highest BCUT2D eigenvalue weighted by atomic mass is 16.4. The van der Waals surface area contributed by atoms with E-state index >= 15 is 0 Å². The molecular formula is C24H22N8O2. The normalized spacial score (nSPS) is 11.2. The fraction of sp³-hybridized carbons (Fsp3) is 0.208. The van der Waals surface area contributed by atoms with Crippen LogP contribution in [0.1, 0.15) is 41.5 Å². The van der Waals surface area contributed by atoms with Gasteiger partial charge in [0.25, 0.3) is 0 Å². The van der Waals surface area contributed by atoms with Crippen LogP contribution in [0.4, 0.5) is 0 Å². The van der Waals surface area contributed by atoms with Crippen molar-refractivity contribution in [2.75, 3.05) is 0 Å². The van der Waals surface area contributed by atoms with Crippen LogP contribution in [-0.4, -0.2) is 51.2 Å². The van der Waals surface area contributed by atoms with Gasteiger partial charge in [0.2, 0.25) is 0 Å². The van der Waals surface area contributed by atoms with Crippen LogP contribution in [0.5, 0.6) is 0 Å². The van der Waals surface area contributed by atoms with Crippen LogP contribution in [0.15, 0.2) is 54.9 Å². The summed E-state index contributed by atoms with van der Waals surface area (Å²) in [7, 11) is 0. The summed E-state index contributed by atoms with van der Waals surface area (Å²) in [5.41, 5.74) is 4.24. The molecule has 34 heavy (non-hydrogen) atoms. The van der Waals surface area contributed by atoms with E-state index in [0.717, 1.165) is 36.2 Å². The van der Waals surface area contributed by atoms with Gasteiger partial charge in [-0.05, 0) is 34.5 Å². The van der Waals surface area contributed by atoms with Gasteiger partial charge < -0.3 is 9.67 Å². The maximum absolute atomic E-state index is 11.9. The molecule has 3 heterocycles. The van der Waals surface area contributed by atoms with E-state index < -0.39 is 5.97 Å². The van der Waals surface area contributed by atoms with Crippen LogP contribution in [0.25, 0.3) is 33.8 Å². The number of carbonyl (C=O) groups is 1. The Bertz CT molecular complexity index is 1420. The van der Waals surface area contributed by atoms with Gasteiger partial charge in [0.05, 0.1) is 22.2 Å². The van der Waals surface area contributed by atoms with Crippen LogP contribution in [0, 0.1) is 0 Å². The van der Waals surface area contributed by atoms with Gasteiger partial charge >= 0.3 is 5.97 Å². The first-order valence-corrected chi connectivity index (χ1v) is 11.0. The second kappa shape index (κ2) is 9.18. The minimum absolute atomic E-state index is 0.264. The first-order valence-electron chi connectivity index (χ1n) is 11.0. The van der Waals surface area contributed by atoms with Gasteiger partial charge in [-0.15, -0.1) is 5.10 Å². The summed E-state index contributed by atoms with van der Waals surface area (Å²) in [6.45, 7) is 2.66. The third-order valence-electron chi connectivity index (χ3n) is 5.65. The molecular weight excluding hydrogens is 432 g/mol. The summed E-state index contributed by atoms with van der Waals surface area (Å²) >= 11 is 0. The number of aromatic amines is 1. The SMILES string of the molecule is CCCCc1nc2cccc(C(=O)O)c2n1Cc1ccc(-c2ncc(-c3nnn[nH]3)cn2)cc1. The zero-order valence-corrected chi connectivity index (χ0v) is 18.5. The van der Waals surface area contributed by atoms with Crippen LogP contribution in [0.3, 0.4) is 0 Å². The highest BCUT2D eigenvalue weighted by Gasteiger charge is 2.18.